The van der Waals surface area contributed by atoms with E-state index in [9.17, 15) is 4.79 Å². The molecule has 5 aliphatic carbocycles. The summed E-state index contributed by atoms with van der Waals surface area (Å²) in [5.41, 5.74) is 2.51. The first-order valence-electron chi connectivity index (χ1n) is 22.6. The van der Waals surface area contributed by atoms with Crippen LogP contribution in [0.15, 0.2) is 11.6 Å². The highest BCUT2D eigenvalue weighted by atomic mass is 16.7. The minimum atomic E-state index is -0.380. The molecule has 302 valence electrons. The van der Waals surface area contributed by atoms with Crippen LogP contribution >= 0.6 is 0 Å². The molecule has 0 radical (unpaired) electrons. The number of ketones is 1. The van der Waals surface area contributed by atoms with Crippen LogP contribution in [0.5, 0.6) is 0 Å². The third kappa shape index (κ3) is 6.14. The third-order valence-corrected chi connectivity index (χ3v) is 19.6. The van der Waals surface area contributed by atoms with Crippen LogP contribution in [0, 0.1) is 80.3 Å². The molecule has 0 aromatic carbocycles. The zero-order valence-electron chi connectivity index (χ0n) is 36.6. The number of hydrogen-bond donors (Lipinski definition) is 0. The number of fused-ring (bicyclic) bond motifs is 7. The zero-order chi connectivity index (χ0) is 38.6. The first-order chi connectivity index (χ1) is 24.7. The zero-order valence-corrected chi connectivity index (χ0v) is 36.6. The normalized spacial score (nSPS) is 55.1. The van der Waals surface area contributed by atoms with Crippen molar-refractivity contribution in [3.63, 3.8) is 0 Å². The molecule has 0 aromatic heterocycles. The summed E-state index contributed by atoms with van der Waals surface area (Å²) in [4.78, 5) is 13.5. The second-order valence-electron chi connectivity index (χ2n) is 22.1. The minimum absolute atomic E-state index is 0.123. The van der Waals surface area contributed by atoms with Gasteiger partial charge in [0.25, 0.3) is 0 Å². The van der Waals surface area contributed by atoms with Crippen LogP contribution < -0.4 is 0 Å². The van der Waals surface area contributed by atoms with Gasteiger partial charge < -0.3 is 18.9 Å². The smallest absolute Gasteiger partial charge is 0.184 e. The number of ether oxygens (including phenoxy) is 4. The highest BCUT2D eigenvalue weighted by molar-refractivity contribution is 5.84. The maximum Gasteiger partial charge on any atom is 0.184 e. The average molecular weight is 737 g/mol. The van der Waals surface area contributed by atoms with Gasteiger partial charge in [-0.3, -0.25) is 4.79 Å². The topological polar surface area (TPSA) is 54.0 Å². The molecule has 4 saturated carbocycles. The largest absolute Gasteiger partial charge is 0.349 e. The Bertz CT molecular complexity index is 1400. The van der Waals surface area contributed by atoms with Crippen molar-refractivity contribution in [1.29, 1.82) is 0 Å². The molecule has 5 nitrogen and oxygen atoms in total. The van der Waals surface area contributed by atoms with Crippen molar-refractivity contribution in [2.24, 2.45) is 80.3 Å². The summed E-state index contributed by atoms with van der Waals surface area (Å²) in [6, 6.07) is 0. The van der Waals surface area contributed by atoms with E-state index in [0.29, 0.717) is 64.5 Å². The number of Topliss-reactive ketones (excluding diaryl/α,β-unsaturated/α-hetero) is 1. The van der Waals surface area contributed by atoms with Gasteiger partial charge in [-0.1, -0.05) is 94.7 Å². The predicted octanol–water partition coefficient (Wildman–Crippen LogP) is 11.8. The second kappa shape index (κ2) is 14.0. The van der Waals surface area contributed by atoms with E-state index < -0.39 is 0 Å². The van der Waals surface area contributed by atoms with Gasteiger partial charge in [0.1, 0.15) is 11.9 Å². The van der Waals surface area contributed by atoms with E-state index in [1.54, 1.807) is 5.57 Å². The van der Waals surface area contributed by atoms with E-state index in [4.69, 9.17) is 18.9 Å². The van der Waals surface area contributed by atoms with Gasteiger partial charge in [-0.25, -0.2) is 0 Å². The molecule has 6 fully saturated rings. The monoisotopic (exact) mass is 737 g/mol. The molecule has 2 aliphatic heterocycles. The molecule has 0 bridgehead atoms. The van der Waals surface area contributed by atoms with Crippen molar-refractivity contribution < 1.29 is 23.7 Å². The highest BCUT2D eigenvalue weighted by Crippen LogP contribution is 2.75. The fraction of sp³-hybridized carbons (Fsp3) is 0.938. The Morgan fingerprint density at radius 1 is 0.755 bits per heavy atom. The number of rotatable bonds is 6. The van der Waals surface area contributed by atoms with Crippen LogP contribution in [0.3, 0.4) is 0 Å². The lowest BCUT2D eigenvalue weighted by atomic mass is 9.34. The molecule has 7 aliphatic rings. The molecule has 19 atom stereocenters. The van der Waals surface area contributed by atoms with Crippen molar-refractivity contribution in [3.05, 3.63) is 11.6 Å². The molecular formula is C48H80O5. The van der Waals surface area contributed by atoms with Gasteiger partial charge in [-0.2, -0.15) is 0 Å². The Morgan fingerprint density at radius 2 is 1.45 bits per heavy atom. The quantitative estimate of drug-likeness (QED) is 0.201. The van der Waals surface area contributed by atoms with E-state index in [1.165, 1.54) is 38.5 Å². The minimum Gasteiger partial charge on any atom is -0.349 e. The molecule has 0 aromatic rings. The number of carbonyl (C=O) groups is 1. The lowest BCUT2D eigenvalue weighted by molar-refractivity contribution is -0.347. The summed E-state index contributed by atoms with van der Waals surface area (Å²) in [7, 11) is 0. The molecule has 53 heavy (non-hydrogen) atoms. The van der Waals surface area contributed by atoms with Crippen LogP contribution in [-0.2, 0) is 23.7 Å². The fourth-order valence-corrected chi connectivity index (χ4v) is 14.8. The molecular weight excluding hydrogens is 657 g/mol. The molecule has 2 heterocycles. The van der Waals surface area contributed by atoms with Crippen molar-refractivity contribution >= 4 is 5.78 Å². The highest BCUT2D eigenvalue weighted by Gasteiger charge is 2.68. The van der Waals surface area contributed by atoms with Crippen molar-refractivity contribution in [2.45, 2.75) is 205 Å². The van der Waals surface area contributed by atoms with Crippen LogP contribution in [0.4, 0.5) is 0 Å². The molecule has 5 heteroatoms. The van der Waals surface area contributed by atoms with E-state index in [2.05, 4.69) is 96.1 Å². The van der Waals surface area contributed by atoms with Crippen molar-refractivity contribution in [3.8, 4) is 0 Å². The van der Waals surface area contributed by atoms with Gasteiger partial charge in [0.15, 0.2) is 12.6 Å². The van der Waals surface area contributed by atoms with Crippen LogP contribution in [0.25, 0.3) is 0 Å². The SMILES string of the molecule is CCC1O[C@@H](OC2[C@H](O[C@H]3CCC4(C)C5CC=C6C7CC(C)(C)CC[C@]7(C(C)=O)CCC6(C)[C@]5(C)CC[C@H]4C3C)OC(C)[C@@H](C)[C@@H]2C)C(C)[C@@H](C)[C@H]1C. The summed E-state index contributed by atoms with van der Waals surface area (Å²) in [6.07, 6.45) is 15.1. The van der Waals surface area contributed by atoms with Gasteiger partial charge in [0.05, 0.1) is 18.3 Å². The number of allylic oxidation sites excluding steroid dienone is 2. The van der Waals surface area contributed by atoms with Crippen molar-refractivity contribution in [1.82, 2.24) is 0 Å². The van der Waals surface area contributed by atoms with E-state index in [-0.39, 0.29) is 58.7 Å². The summed E-state index contributed by atoms with van der Waals surface area (Å²) in [6.45, 7) is 33.5. The molecule has 0 amide bonds. The van der Waals surface area contributed by atoms with Crippen LogP contribution in [0.1, 0.15) is 168 Å². The molecule has 2 saturated heterocycles. The lowest BCUT2D eigenvalue weighted by Gasteiger charge is -2.70. The lowest BCUT2D eigenvalue weighted by Crippen LogP contribution is -2.64. The first-order valence-corrected chi connectivity index (χ1v) is 22.6. The molecule has 0 spiro atoms. The summed E-state index contributed by atoms with van der Waals surface area (Å²) in [5.74, 6) is 4.67. The fourth-order valence-electron chi connectivity index (χ4n) is 14.8. The van der Waals surface area contributed by atoms with Gasteiger partial charge in [0.2, 0.25) is 0 Å². The summed E-state index contributed by atoms with van der Waals surface area (Å²) >= 11 is 0. The van der Waals surface area contributed by atoms with E-state index in [0.717, 1.165) is 32.1 Å². The Labute approximate surface area is 325 Å². The maximum atomic E-state index is 13.5. The second-order valence-corrected chi connectivity index (χ2v) is 22.1. The number of hydrogen-bond acceptors (Lipinski definition) is 5. The Hall–Kier alpha value is -0.750. The Kier molecular flexibility index (Phi) is 10.7. The summed E-state index contributed by atoms with van der Waals surface area (Å²) in [5, 5.41) is 0. The maximum absolute atomic E-state index is 13.5. The number of carbonyl (C=O) groups excluding carboxylic acids is 1. The van der Waals surface area contributed by atoms with Crippen molar-refractivity contribution in [2.75, 3.05) is 0 Å². The van der Waals surface area contributed by atoms with Gasteiger partial charge in [0, 0.05) is 11.3 Å². The van der Waals surface area contributed by atoms with Crippen LogP contribution in [-0.4, -0.2) is 42.8 Å². The van der Waals surface area contributed by atoms with Gasteiger partial charge in [-0.05, 0) is 153 Å². The van der Waals surface area contributed by atoms with E-state index >= 15 is 0 Å². The van der Waals surface area contributed by atoms with Gasteiger partial charge >= 0.3 is 0 Å². The Morgan fingerprint density at radius 3 is 2.13 bits per heavy atom. The summed E-state index contributed by atoms with van der Waals surface area (Å²) < 4.78 is 27.8. The Balaban J connectivity index is 1.11. The van der Waals surface area contributed by atoms with Crippen LogP contribution in [0.2, 0.25) is 0 Å². The third-order valence-electron chi connectivity index (χ3n) is 19.6. The average Bonchev–Trinajstić information content (AvgIpc) is 3.10. The standard InChI is InChI=1S/C48H80O5/c1-15-38-29(4)27(2)31(6)42(51-38)53-41-30(5)28(3)33(8)50-43(41)52-39-19-20-45(12)35(32(39)7)18-21-47(14)40(45)17-16-36-37-26-44(10,11)22-24-48(37,34(9)49)25-23-46(36,47)13/h16,27-33,35,37-43H,15,17-26H2,1-14H3/t27-,28-,29+,30-,31?,32?,33?,35-,37?,38?,39-,40?,41?,42-,43-,45?,46?,47+,48+/m0/s1. The van der Waals surface area contributed by atoms with E-state index in [1.807, 2.05) is 6.92 Å². The first kappa shape index (κ1) is 40.4. The molecule has 9 unspecified atom stereocenters. The molecule has 0 N–H and O–H groups in total. The van der Waals surface area contributed by atoms with Gasteiger partial charge in [-0.15, -0.1) is 0 Å². The molecule has 7 rings (SSSR count). The predicted molar refractivity (Wildman–Crippen MR) is 214 cm³/mol.